The predicted molar refractivity (Wildman–Crippen MR) is 62.3 cm³/mol. The molecule has 1 heterocycles. The fourth-order valence-corrected chi connectivity index (χ4v) is 2.00. The summed E-state index contributed by atoms with van der Waals surface area (Å²) in [6.45, 7) is 2.45. The first-order chi connectivity index (χ1) is 8.17. The van der Waals surface area contributed by atoms with Gasteiger partial charge in [0.25, 0.3) is 5.91 Å². The predicted octanol–water partition coefficient (Wildman–Crippen LogP) is 1.82. The first-order valence-corrected chi connectivity index (χ1v) is 6.12. The van der Waals surface area contributed by atoms with Crippen molar-refractivity contribution in [1.29, 1.82) is 0 Å². The average Bonchev–Trinajstić information content (AvgIpc) is 2.48. The number of alkyl halides is 3. The summed E-state index contributed by atoms with van der Waals surface area (Å²) in [6.07, 6.45) is -4.18. The third-order valence-corrected chi connectivity index (χ3v) is 3.63. The van der Waals surface area contributed by atoms with E-state index in [0.29, 0.717) is 24.0 Å². The lowest BCUT2D eigenvalue weighted by atomic mass is 10.0. The maximum Gasteiger partial charge on any atom is 0.420 e. The number of nitrogens with zero attached hydrogens (tertiary/aromatic N) is 1. The molecule has 2 unspecified atom stereocenters. The third kappa shape index (κ3) is 2.43. The summed E-state index contributed by atoms with van der Waals surface area (Å²) >= 11 is 4.04. The van der Waals surface area contributed by atoms with Gasteiger partial charge in [-0.2, -0.15) is 25.8 Å². The Morgan fingerprint density at radius 2 is 2.00 bits per heavy atom. The number of urea groups is 1. The van der Waals surface area contributed by atoms with Crippen LogP contribution < -0.4 is 5.32 Å². The van der Waals surface area contributed by atoms with E-state index >= 15 is 0 Å². The van der Waals surface area contributed by atoms with E-state index in [9.17, 15) is 22.8 Å². The fraction of sp³-hybridized carbons (Fsp3) is 0.800. The number of amides is 3. The quantitative estimate of drug-likeness (QED) is 0.611. The molecule has 0 aromatic heterocycles. The third-order valence-electron chi connectivity index (χ3n) is 3.12. The molecule has 8 heteroatoms. The van der Waals surface area contributed by atoms with Gasteiger partial charge >= 0.3 is 12.2 Å². The summed E-state index contributed by atoms with van der Waals surface area (Å²) in [6, 6.07) is -1.000. The Bertz CT molecular complexity index is 358. The van der Waals surface area contributed by atoms with Crippen molar-refractivity contribution in [2.24, 2.45) is 5.92 Å². The molecule has 3 amide bonds. The van der Waals surface area contributed by atoms with Crippen LogP contribution in [0.4, 0.5) is 18.0 Å². The van der Waals surface area contributed by atoms with Gasteiger partial charge in [0.2, 0.25) is 5.54 Å². The molecule has 4 nitrogen and oxygen atoms in total. The number of imide groups is 1. The smallest absolute Gasteiger partial charge is 0.316 e. The zero-order chi connectivity index (χ0) is 14.1. The lowest BCUT2D eigenvalue weighted by Crippen LogP contribution is -2.56. The van der Waals surface area contributed by atoms with Crippen LogP contribution in [0.15, 0.2) is 0 Å². The highest BCUT2D eigenvalue weighted by atomic mass is 32.1. The topological polar surface area (TPSA) is 49.4 Å². The van der Waals surface area contributed by atoms with Gasteiger partial charge in [0.15, 0.2) is 0 Å². The largest absolute Gasteiger partial charge is 0.420 e. The van der Waals surface area contributed by atoms with Crippen LogP contribution in [-0.2, 0) is 4.79 Å². The van der Waals surface area contributed by atoms with Crippen LogP contribution in [0.2, 0.25) is 0 Å². The van der Waals surface area contributed by atoms with Crippen molar-refractivity contribution >= 4 is 24.6 Å². The first-order valence-electron chi connectivity index (χ1n) is 5.49. The Hall–Kier alpha value is -0.920. The van der Waals surface area contributed by atoms with Gasteiger partial charge in [0.05, 0.1) is 0 Å². The van der Waals surface area contributed by atoms with Crippen LogP contribution in [0, 0.1) is 5.92 Å². The second-order valence-electron chi connectivity index (χ2n) is 4.43. The van der Waals surface area contributed by atoms with Crippen molar-refractivity contribution in [3.8, 4) is 0 Å². The van der Waals surface area contributed by atoms with Crippen molar-refractivity contribution in [3.63, 3.8) is 0 Å². The SMILES string of the molecule is CCC(CS)CN1C(=O)NC(C)(C(F)(F)F)C1=O. The molecular formula is C10H15F3N2O2S. The Balaban J connectivity index is 2.92. The maximum atomic E-state index is 12.8. The molecule has 0 aromatic carbocycles. The number of halogens is 3. The Kier molecular flexibility index (Phi) is 4.19. The van der Waals surface area contributed by atoms with E-state index in [1.54, 1.807) is 5.32 Å². The number of thiol groups is 1. The lowest BCUT2D eigenvalue weighted by molar-refractivity contribution is -0.191. The fourth-order valence-electron chi connectivity index (χ4n) is 1.63. The van der Waals surface area contributed by atoms with Gasteiger partial charge in [0.1, 0.15) is 0 Å². The van der Waals surface area contributed by atoms with E-state index in [-0.39, 0.29) is 12.5 Å². The summed E-state index contributed by atoms with van der Waals surface area (Å²) in [5.74, 6) is -0.963. The summed E-state index contributed by atoms with van der Waals surface area (Å²) in [4.78, 5) is 23.9. The molecule has 1 N–H and O–H groups in total. The van der Waals surface area contributed by atoms with Gasteiger partial charge < -0.3 is 5.32 Å². The molecule has 0 aliphatic carbocycles. The zero-order valence-electron chi connectivity index (χ0n) is 10.0. The van der Waals surface area contributed by atoms with Gasteiger partial charge in [-0.25, -0.2) is 4.79 Å². The minimum absolute atomic E-state index is 0.0453. The second-order valence-corrected chi connectivity index (χ2v) is 4.79. The number of hydrogen-bond donors (Lipinski definition) is 2. The van der Waals surface area contributed by atoms with Crippen LogP contribution in [0.5, 0.6) is 0 Å². The molecule has 1 saturated heterocycles. The summed E-state index contributed by atoms with van der Waals surface area (Å²) in [5.41, 5.74) is -2.82. The Labute approximate surface area is 108 Å². The Morgan fingerprint density at radius 1 is 1.44 bits per heavy atom. The highest BCUT2D eigenvalue weighted by Crippen LogP contribution is 2.35. The van der Waals surface area contributed by atoms with E-state index in [4.69, 9.17) is 0 Å². The zero-order valence-corrected chi connectivity index (χ0v) is 10.9. The minimum Gasteiger partial charge on any atom is -0.316 e. The van der Waals surface area contributed by atoms with Gasteiger partial charge in [-0.1, -0.05) is 13.3 Å². The van der Waals surface area contributed by atoms with E-state index in [0.717, 1.165) is 0 Å². The monoisotopic (exact) mass is 284 g/mol. The van der Waals surface area contributed by atoms with Crippen LogP contribution in [0.25, 0.3) is 0 Å². The van der Waals surface area contributed by atoms with E-state index < -0.39 is 23.7 Å². The molecule has 18 heavy (non-hydrogen) atoms. The molecule has 1 rings (SSSR count). The molecule has 1 aliphatic heterocycles. The molecular weight excluding hydrogens is 269 g/mol. The number of rotatable bonds is 4. The van der Waals surface area contributed by atoms with Crippen molar-refractivity contribution in [3.05, 3.63) is 0 Å². The van der Waals surface area contributed by atoms with Gasteiger partial charge in [-0.05, 0) is 18.6 Å². The van der Waals surface area contributed by atoms with Gasteiger partial charge in [0, 0.05) is 6.54 Å². The molecule has 1 fully saturated rings. The molecule has 1 aliphatic rings. The highest BCUT2D eigenvalue weighted by molar-refractivity contribution is 7.80. The molecule has 2 atom stereocenters. The van der Waals surface area contributed by atoms with Crippen molar-refractivity contribution in [2.45, 2.75) is 32.0 Å². The van der Waals surface area contributed by atoms with E-state index in [1.807, 2.05) is 6.92 Å². The van der Waals surface area contributed by atoms with Crippen molar-refractivity contribution < 1.29 is 22.8 Å². The molecule has 0 aromatic rings. The van der Waals surface area contributed by atoms with Crippen LogP contribution in [0.3, 0.4) is 0 Å². The second kappa shape index (κ2) is 4.99. The standard InChI is InChI=1S/C10H15F3N2O2S/c1-3-6(5-18)4-15-7(16)9(2,10(11,12)13)14-8(15)17/h6,18H,3-5H2,1-2H3,(H,14,17). The van der Waals surface area contributed by atoms with Gasteiger partial charge in [-0.15, -0.1) is 0 Å². The summed E-state index contributed by atoms with van der Waals surface area (Å²) in [7, 11) is 0. The molecule has 104 valence electrons. The summed E-state index contributed by atoms with van der Waals surface area (Å²) in [5, 5.41) is 1.71. The first kappa shape index (κ1) is 15.1. The van der Waals surface area contributed by atoms with Crippen LogP contribution in [-0.4, -0.2) is 40.9 Å². The number of carbonyl (C=O) groups is 2. The molecule has 0 bridgehead atoms. The van der Waals surface area contributed by atoms with Crippen LogP contribution >= 0.6 is 12.6 Å². The highest BCUT2D eigenvalue weighted by Gasteiger charge is 2.64. The summed E-state index contributed by atoms with van der Waals surface area (Å²) < 4.78 is 38.3. The molecule has 0 spiro atoms. The van der Waals surface area contributed by atoms with Gasteiger partial charge in [-0.3, -0.25) is 9.69 Å². The van der Waals surface area contributed by atoms with E-state index in [2.05, 4.69) is 12.6 Å². The molecule has 0 radical (unpaired) electrons. The van der Waals surface area contributed by atoms with E-state index in [1.165, 1.54) is 0 Å². The number of hydrogen-bond acceptors (Lipinski definition) is 3. The molecule has 0 saturated carbocycles. The number of carbonyl (C=O) groups excluding carboxylic acids is 2. The van der Waals surface area contributed by atoms with Crippen molar-refractivity contribution in [2.75, 3.05) is 12.3 Å². The maximum absolute atomic E-state index is 12.8. The van der Waals surface area contributed by atoms with Crippen molar-refractivity contribution in [1.82, 2.24) is 10.2 Å². The average molecular weight is 284 g/mol. The Morgan fingerprint density at radius 3 is 2.33 bits per heavy atom. The van der Waals surface area contributed by atoms with Crippen LogP contribution in [0.1, 0.15) is 20.3 Å². The number of nitrogens with one attached hydrogen (secondary N) is 1. The minimum atomic E-state index is -4.81. The normalized spacial score (nSPS) is 26.4. The lowest BCUT2D eigenvalue weighted by Gasteiger charge is -2.25.